The summed E-state index contributed by atoms with van der Waals surface area (Å²) in [7, 11) is 0. The summed E-state index contributed by atoms with van der Waals surface area (Å²) in [5.41, 5.74) is 5.50. The number of nitrogens with zero attached hydrogens (tertiary/aromatic N) is 1. The lowest BCUT2D eigenvalue weighted by atomic mass is 10.2. The first-order chi connectivity index (χ1) is 7.38. The maximum atomic E-state index is 5.68. The number of morpholine rings is 1. The predicted molar refractivity (Wildman–Crippen MR) is 68.7 cm³/mol. The number of rotatable bonds is 4. The van der Waals surface area contributed by atoms with Crippen LogP contribution >= 0.6 is 12.2 Å². The molecule has 0 aromatic heterocycles. The van der Waals surface area contributed by atoms with E-state index in [9.17, 15) is 0 Å². The first-order valence-electron chi connectivity index (χ1n) is 5.66. The van der Waals surface area contributed by atoms with Crippen molar-refractivity contribution < 1.29 is 9.47 Å². The summed E-state index contributed by atoms with van der Waals surface area (Å²) in [5, 5.41) is 0. The third-order valence-corrected chi connectivity index (χ3v) is 2.67. The fraction of sp³-hybridized carbons (Fsp3) is 0.909. The van der Waals surface area contributed by atoms with Gasteiger partial charge in [0.25, 0.3) is 0 Å². The van der Waals surface area contributed by atoms with Crippen LogP contribution in [0.1, 0.15) is 20.8 Å². The fourth-order valence-electron chi connectivity index (χ4n) is 1.56. The van der Waals surface area contributed by atoms with Crippen LogP contribution in [-0.4, -0.2) is 54.4 Å². The highest BCUT2D eigenvalue weighted by molar-refractivity contribution is 7.80. The van der Waals surface area contributed by atoms with Crippen LogP contribution in [0, 0.1) is 0 Å². The first kappa shape index (κ1) is 13.8. The second-order valence-corrected chi connectivity index (χ2v) is 5.49. The van der Waals surface area contributed by atoms with Crippen molar-refractivity contribution in [2.75, 3.05) is 32.8 Å². The molecule has 1 rings (SSSR count). The highest BCUT2D eigenvalue weighted by Gasteiger charge is 2.22. The Morgan fingerprint density at radius 3 is 2.81 bits per heavy atom. The smallest absolute Gasteiger partial charge is 0.120 e. The van der Waals surface area contributed by atoms with E-state index in [4.69, 9.17) is 27.4 Å². The molecular weight excluding hydrogens is 224 g/mol. The van der Waals surface area contributed by atoms with E-state index in [0.717, 1.165) is 26.2 Å². The standard InChI is InChI=1S/C11H22N2O2S/c1-11(2,3)15-7-5-13-4-6-14-9(8-13)10(12)16/h9H,4-8H2,1-3H3,(H2,12,16). The Bertz CT molecular complexity index is 241. The van der Waals surface area contributed by atoms with Gasteiger partial charge < -0.3 is 15.2 Å². The van der Waals surface area contributed by atoms with Crippen LogP contribution < -0.4 is 5.73 Å². The minimum Gasteiger partial charge on any atom is -0.391 e. The van der Waals surface area contributed by atoms with Crippen LogP contribution in [0.4, 0.5) is 0 Å². The fourth-order valence-corrected chi connectivity index (χ4v) is 1.70. The summed E-state index contributed by atoms with van der Waals surface area (Å²) in [6.07, 6.45) is -0.0987. The molecule has 2 N–H and O–H groups in total. The highest BCUT2D eigenvalue weighted by atomic mass is 32.1. The van der Waals surface area contributed by atoms with Gasteiger partial charge in [0.1, 0.15) is 11.1 Å². The monoisotopic (exact) mass is 246 g/mol. The second kappa shape index (κ2) is 5.91. The van der Waals surface area contributed by atoms with Crippen LogP contribution in [0.3, 0.4) is 0 Å². The van der Waals surface area contributed by atoms with E-state index in [-0.39, 0.29) is 11.7 Å². The molecule has 1 unspecified atom stereocenters. The summed E-state index contributed by atoms with van der Waals surface area (Å²) >= 11 is 4.94. The van der Waals surface area contributed by atoms with Crippen molar-refractivity contribution in [2.45, 2.75) is 32.5 Å². The predicted octanol–water partition coefficient (Wildman–Crippen LogP) is 0.788. The van der Waals surface area contributed by atoms with Gasteiger partial charge in [-0.05, 0) is 20.8 Å². The molecule has 1 atom stereocenters. The highest BCUT2D eigenvalue weighted by Crippen LogP contribution is 2.08. The molecule has 0 spiro atoms. The zero-order chi connectivity index (χ0) is 12.2. The van der Waals surface area contributed by atoms with Gasteiger partial charge in [-0.2, -0.15) is 0 Å². The number of thiocarbonyl (C=S) groups is 1. The van der Waals surface area contributed by atoms with E-state index in [0.29, 0.717) is 11.6 Å². The van der Waals surface area contributed by atoms with Crippen LogP contribution in [0.5, 0.6) is 0 Å². The lowest BCUT2D eigenvalue weighted by Crippen LogP contribution is -2.48. The van der Waals surface area contributed by atoms with Crippen molar-refractivity contribution in [1.29, 1.82) is 0 Å². The normalized spacial score (nSPS) is 23.3. The molecule has 4 nitrogen and oxygen atoms in total. The van der Waals surface area contributed by atoms with Crippen molar-refractivity contribution in [3.8, 4) is 0 Å². The Kier molecular flexibility index (Phi) is 5.11. The van der Waals surface area contributed by atoms with E-state index < -0.39 is 0 Å². The molecule has 5 heteroatoms. The van der Waals surface area contributed by atoms with Gasteiger partial charge >= 0.3 is 0 Å². The average molecular weight is 246 g/mol. The molecule has 1 fully saturated rings. The molecule has 1 heterocycles. The summed E-state index contributed by atoms with van der Waals surface area (Å²) in [6, 6.07) is 0. The summed E-state index contributed by atoms with van der Waals surface area (Å²) in [4.78, 5) is 2.72. The summed E-state index contributed by atoms with van der Waals surface area (Å²) in [6.45, 7) is 10.2. The van der Waals surface area contributed by atoms with Crippen molar-refractivity contribution in [3.63, 3.8) is 0 Å². The topological polar surface area (TPSA) is 47.7 Å². The van der Waals surface area contributed by atoms with Gasteiger partial charge in [-0.1, -0.05) is 12.2 Å². The SMILES string of the molecule is CC(C)(C)OCCN1CCOC(C(N)=S)C1. The molecule has 0 bridgehead atoms. The van der Waals surface area contributed by atoms with E-state index >= 15 is 0 Å². The van der Waals surface area contributed by atoms with Crippen LogP contribution in [0.15, 0.2) is 0 Å². The Morgan fingerprint density at radius 1 is 1.56 bits per heavy atom. The van der Waals surface area contributed by atoms with E-state index in [1.54, 1.807) is 0 Å². The molecule has 0 saturated carbocycles. The third-order valence-electron chi connectivity index (χ3n) is 2.41. The van der Waals surface area contributed by atoms with Crippen molar-refractivity contribution in [1.82, 2.24) is 4.90 Å². The summed E-state index contributed by atoms with van der Waals surface area (Å²) < 4.78 is 11.1. The van der Waals surface area contributed by atoms with E-state index in [2.05, 4.69) is 25.7 Å². The maximum absolute atomic E-state index is 5.68. The molecule has 1 aliphatic rings. The minimum absolute atomic E-state index is 0.0745. The van der Waals surface area contributed by atoms with Gasteiger partial charge in [-0.15, -0.1) is 0 Å². The largest absolute Gasteiger partial charge is 0.391 e. The third kappa shape index (κ3) is 5.21. The van der Waals surface area contributed by atoms with Gasteiger partial charge in [-0.3, -0.25) is 4.90 Å². The zero-order valence-corrected chi connectivity index (χ0v) is 11.2. The molecule has 0 radical (unpaired) electrons. The number of nitrogens with two attached hydrogens (primary N) is 1. The minimum atomic E-state index is -0.0987. The van der Waals surface area contributed by atoms with Gasteiger partial charge in [0, 0.05) is 19.6 Å². The molecular formula is C11H22N2O2S. The van der Waals surface area contributed by atoms with Gasteiger partial charge in [0.15, 0.2) is 0 Å². The van der Waals surface area contributed by atoms with E-state index in [1.165, 1.54) is 0 Å². The van der Waals surface area contributed by atoms with Crippen molar-refractivity contribution in [3.05, 3.63) is 0 Å². The molecule has 16 heavy (non-hydrogen) atoms. The van der Waals surface area contributed by atoms with Crippen LogP contribution in [0.2, 0.25) is 0 Å². The quantitative estimate of drug-likeness (QED) is 0.743. The Labute approximate surface area is 103 Å². The average Bonchev–Trinajstić information content (AvgIpc) is 2.16. The van der Waals surface area contributed by atoms with Gasteiger partial charge in [-0.25, -0.2) is 0 Å². The Morgan fingerprint density at radius 2 is 2.25 bits per heavy atom. The first-order valence-corrected chi connectivity index (χ1v) is 6.06. The second-order valence-electron chi connectivity index (χ2n) is 5.02. The Hall–Kier alpha value is -0.230. The lowest BCUT2D eigenvalue weighted by Gasteiger charge is -2.33. The molecule has 1 aliphatic heterocycles. The maximum Gasteiger partial charge on any atom is 0.120 e. The van der Waals surface area contributed by atoms with Crippen LogP contribution in [-0.2, 0) is 9.47 Å². The van der Waals surface area contributed by atoms with E-state index in [1.807, 2.05) is 0 Å². The van der Waals surface area contributed by atoms with Crippen molar-refractivity contribution >= 4 is 17.2 Å². The molecule has 0 amide bonds. The number of hydrogen-bond donors (Lipinski definition) is 1. The molecule has 1 saturated heterocycles. The molecule has 0 aliphatic carbocycles. The van der Waals surface area contributed by atoms with Crippen molar-refractivity contribution in [2.24, 2.45) is 5.73 Å². The number of hydrogen-bond acceptors (Lipinski definition) is 4. The molecule has 0 aromatic carbocycles. The summed E-state index contributed by atoms with van der Waals surface area (Å²) in [5.74, 6) is 0. The Balaban J connectivity index is 2.24. The number of ether oxygens (including phenoxy) is 2. The van der Waals surface area contributed by atoms with Gasteiger partial charge in [0.2, 0.25) is 0 Å². The molecule has 94 valence electrons. The van der Waals surface area contributed by atoms with Crippen LogP contribution in [0.25, 0.3) is 0 Å². The van der Waals surface area contributed by atoms with Gasteiger partial charge in [0.05, 0.1) is 18.8 Å². The zero-order valence-electron chi connectivity index (χ0n) is 10.4. The molecule has 0 aromatic rings. The lowest BCUT2D eigenvalue weighted by molar-refractivity contribution is -0.0371.